The number of hydrogen-bond acceptors (Lipinski definition) is 4. The summed E-state index contributed by atoms with van der Waals surface area (Å²) in [6, 6.07) is 5.40. The van der Waals surface area contributed by atoms with Crippen molar-refractivity contribution >= 4 is 11.7 Å². The first kappa shape index (κ1) is 13.9. The number of benzene rings is 1. The highest BCUT2D eigenvalue weighted by Crippen LogP contribution is 2.24. The number of nitrogens with two attached hydrogens (primary N) is 1. The molecule has 1 aliphatic rings. The Hall–Kier alpha value is -1.55. The monoisotopic (exact) mass is 263 g/mol. The average Bonchev–Trinajstić information content (AvgIpc) is 2.31. The van der Waals surface area contributed by atoms with E-state index >= 15 is 0 Å². The molecule has 104 valence electrons. The summed E-state index contributed by atoms with van der Waals surface area (Å²) in [4.78, 5) is 12.2. The number of para-hydroxylation sites is 1. The minimum Gasteiger partial charge on any atom is -0.459 e. The smallest absolute Gasteiger partial charge is 0.340 e. The molecule has 2 unspecified atom stereocenters. The van der Waals surface area contributed by atoms with E-state index in [9.17, 15) is 4.79 Å². The number of carbonyl (C=O) groups excluding carboxylic acids is 1. The summed E-state index contributed by atoms with van der Waals surface area (Å²) in [5.41, 5.74) is 7.76. The van der Waals surface area contributed by atoms with Crippen molar-refractivity contribution in [2.75, 3.05) is 5.73 Å². The van der Waals surface area contributed by atoms with Gasteiger partial charge in [-0.05, 0) is 32.4 Å². The van der Waals surface area contributed by atoms with Crippen LogP contribution < -0.4 is 5.73 Å². The first-order valence-corrected chi connectivity index (χ1v) is 6.69. The largest absolute Gasteiger partial charge is 0.459 e. The van der Waals surface area contributed by atoms with E-state index in [1.54, 1.807) is 6.07 Å². The van der Waals surface area contributed by atoms with E-state index in [2.05, 4.69) is 0 Å². The number of rotatable bonds is 2. The van der Waals surface area contributed by atoms with Gasteiger partial charge in [-0.25, -0.2) is 4.79 Å². The SMILES string of the molecule is Cc1cccc(C(=O)OC2CC(C)OC(C)C2)c1N. The van der Waals surface area contributed by atoms with E-state index in [-0.39, 0.29) is 24.3 Å². The van der Waals surface area contributed by atoms with Crippen LogP contribution in [-0.2, 0) is 9.47 Å². The van der Waals surface area contributed by atoms with Gasteiger partial charge in [-0.1, -0.05) is 12.1 Å². The highest BCUT2D eigenvalue weighted by atomic mass is 16.6. The molecule has 1 aliphatic heterocycles. The predicted molar refractivity (Wildman–Crippen MR) is 74.0 cm³/mol. The molecule has 4 nitrogen and oxygen atoms in total. The topological polar surface area (TPSA) is 61.5 Å². The maximum Gasteiger partial charge on any atom is 0.340 e. The van der Waals surface area contributed by atoms with Gasteiger partial charge in [0.2, 0.25) is 0 Å². The maximum atomic E-state index is 12.2. The molecule has 1 saturated heterocycles. The van der Waals surface area contributed by atoms with Crippen molar-refractivity contribution in [1.29, 1.82) is 0 Å². The van der Waals surface area contributed by atoms with Crippen molar-refractivity contribution in [2.24, 2.45) is 0 Å². The van der Waals surface area contributed by atoms with Crippen LogP contribution in [0, 0.1) is 6.92 Å². The third kappa shape index (κ3) is 3.26. The first-order chi connectivity index (χ1) is 8.97. The number of ether oxygens (including phenoxy) is 2. The second-order valence-corrected chi connectivity index (χ2v) is 5.29. The van der Waals surface area contributed by atoms with Crippen LogP contribution >= 0.6 is 0 Å². The zero-order valence-electron chi connectivity index (χ0n) is 11.7. The molecule has 4 heteroatoms. The van der Waals surface area contributed by atoms with Crippen LogP contribution in [0.4, 0.5) is 5.69 Å². The molecule has 1 aromatic carbocycles. The number of hydrogen-bond donors (Lipinski definition) is 1. The molecule has 1 heterocycles. The Bertz CT molecular complexity index is 462. The summed E-state index contributed by atoms with van der Waals surface area (Å²) in [7, 11) is 0. The van der Waals surface area contributed by atoms with Crippen LogP contribution in [0.15, 0.2) is 18.2 Å². The number of aryl methyl sites for hydroxylation is 1. The molecular formula is C15H21NO3. The molecule has 0 amide bonds. The minimum atomic E-state index is -0.340. The van der Waals surface area contributed by atoms with Gasteiger partial charge < -0.3 is 15.2 Å². The molecule has 1 fully saturated rings. The van der Waals surface area contributed by atoms with Crippen LogP contribution in [-0.4, -0.2) is 24.3 Å². The van der Waals surface area contributed by atoms with Gasteiger partial charge in [0, 0.05) is 18.5 Å². The fourth-order valence-corrected chi connectivity index (χ4v) is 2.51. The molecular weight excluding hydrogens is 242 g/mol. The predicted octanol–water partition coefficient (Wildman–Crippen LogP) is 2.69. The molecule has 2 atom stereocenters. The summed E-state index contributed by atoms with van der Waals surface area (Å²) >= 11 is 0. The Balaban J connectivity index is 2.06. The lowest BCUT2D eigenvalue weighted by Crippen LogP contribution is -2.35. The van der Waals surface area contributed by atoms with Gasteiger partial charge in [0.1, 0.15) is 6.10 Å². The van der Waals surface area contributed by atoms with Crippen molar-refractivity contribution in [1.82, 2.24) is 0 Å². The second kappa shape index (κ2) is 5.61. The van der Waals surface area contributed by atoms with Crippen molar-refractivity contribution in [2.45, 2.75) is 51.9 Å². The van der Waals surface area contributed by atoms with Gasteiger partial charge in [-0.3, -0.25) is 0 Å². The third-order valence-corrected chi connectivity index (χ3v) is 3.47. The van der Waals surface area contributed by atoms with Gasteiger partial charge in [0.05, 0.1) is 17.8 Å². The van der Waals surface area contributed by atoms with E-state index in [0.717, 1.165) is 18.4 Å². The van der Waals surface area contributed by atoms with Gasteiger partial charge in [0.15, 0.2) is 0 Å². The Kier molecular flexibility index (Phi) is 4.10. The number of nitrogen functional groups attached to an aromatic ring is 1. The molecule has 1 aromatic rings. The average molecular weight is 263 g/mol. The molecule has 0 saturated carbocycles. The molecule has 2 rings (SSSR count). The number of carbonyl (C=O) groups is 1. The summed E-state index contributed by atoms with van der Waals surface area (Å²) in [6.45, 7) is 5.87. The van der Waals surface area contributed by atoms with Crippen LogP contribution in [0.5, 0.6) is 0 Å². The van der Waals surface area contributed by atoms with Gasteiger partial charge in [0.25, 0.3) is 0 Å². The number of anilines is 1. The quantitative estimate of drug-likeness (QED) is 0.658. The molecule has 0 aromatic heterocycles. The van der Waals surface area contributed by atoms with Crippen molar-refractivity contribution < 1.29 is 14.3 Å². The van der Waals surface area contributed by atoms with Crippen LogP contribution in [0.25, 0.3) is 0 Å². The van der Waals surface area contributed by atoms with Crippen LogP contribution in [0.1, 0.15) is 42.6 Å². The van der Waals surface area contributed by atoms with Gasteiger partial charge in [-0.15, -0.1) is 0 Å². The van der Waals surface area contributed by atoms with Gasteiger partial charge >= 0.3 is 5.97 Å². The van der Waals surface area contributed by atoms with E-state index in [0.29, 0.717) is 11.3 Å². The van der Waals surface area contributed by atoms with Crippen LogP contribution in [0.2, 0.25) is 0 Å². The van der Waals surface area contributed by atoms with Crippen molar-refractivity contribution in [3.63, 3.8) is 0 Å². The lowest BCUT2D eigenvalue weighted by Gasteiger charge is -2.31. The summed E-state index contributed by atoms with van der Waals surface area (Å²) in [5.74, 6) is -0.340. The summed E-state index contributed by atoms with van der Waals surface area (Å²) in [6.07, 6.45) is 1.63. The van der Waals surface area contributed by atoms with E-state index in [1.165, 1.54) is 0 Å². The maximum absolute atomic E-state index is 12.2. The Labute approximate surface area is 113 Å². The molecule has 0 bridgehead atoms. The standard InChI is InChI=1S/C15H21NO3/c1-9-5-4-6-13(14(9)16)15(17)19-12-7-10(2)18-11(3)8-12/h4-6,10-12H,7-8,16H2,1-3H3. The first-order valence-electron chi connectivity index (χ1n) is 6.69. The lowest BCUT2D eigenvalue weighted by atomic mass is 10.0. The second-order valence-electron chi connectivity index (χ2n) is 5.29. The Morgan fingerprint density at radius 1 is 1.32 bits per heavy atom. The molecule has 0 aliphatic carbocycles. The molecule has 2 N–H and O–H groups in total. The Morgan fingerprint density at radius 2 is 1.95 bits per heavy atom. The summed E-state index contributed by atoms with van der Waals surface area (Å²) < 4.78 is 11.2. The van der Waals surface area contributed by atoms with E-state index in [4.69, 9.17) is 15.2 Å². The zero-order chi connectivity index (χ0) is 14.0. The fourth-order valence-electron chi connectivity index (χ4n) is 2.51. The van der Waals surface area contributed by atoms with Crippen molar-refractivity contribution in [3.8, 4) is 0 Å². The van der Waals surface area contributed by atoms with E-state index in [1.807, 2.05) is 32.9 Å². The Morgan fingerprint density at radius 3 is 2.58 bits per heavy atom. The molecule has 0 radical (unpaired) electrons. The number of esters is 1. The van der Waals surface area contributed by atoms with Crippen LogP contribution in [0.3, 0.4) is 0 Å². The molecule has 19 heavy (non-hydrogen) atoms. The minimum absolute atomic E-state index is 0.0915. The highest BCUT2D eigenvalue weighted by Gasteiger charge is 2.28. The third-order valence-electron chi connectivity index (χ3n) is 3.47. The highest BCUT2D eigenvalue weighted by molar-refractivity contribution is 5.95. The fraction of sp³-hybridized carbons (Fsp3) is 0.533. The molecule has 0 spiro atoms. The van der Waals surface area contributed by atoms with Crippen molar-refractivity contribution in [3.05, 3.63) is 29.3 Å². The zero-order valence-corrected chi connectivity index (χ0v) is 11.7. The normalized spacial score (nSPS) is 27.0. The van der Waals surface area contributed by atoms with Gasteiger partial charge in [-0.2, -0.15) is 0 Å². The lowest BCUT2D eigenvalue weighted by molar-refractivity contribution is -0.0855. The summed E-state index contributed by atoms with van der Waals surface area (Å²) in [5, 5.41) is 0. The van der Waals surface area contributed by atoms with E-state index < -0.39 is 0 Å².